The SMILES string of the molecule is CC(N)c1ccc(N(CC2CC2)C(C)C)cc1Br. The van der Waals surface area contributed by atoms with Crippen LogP contribution in [0.5, 0.6) is 0 Å². The van der Waals surface area contributed by atoms with E-state index in [1.165, 1.54) is 30.6 Å². The molecule has 1 fully saturated rings. The molecule has 1 aliphatic rings. The number of nitrogens with zero attached hydrogens (tertiary/aromatic N) is 1. The van der Waals surface area contributed by atoms with E-state index in [0.29, 0.717) is 6.04 Å². The molecule has 1 atom stereocenters. The van der Waals surface area contributed by atoms with Gasteiger partial charge in [-0.1, -0.05) is 22.0 Å². The topological polar surface area (TPSA) is 29.3 Å². The van der Waals surface area contributed by atoms with Crippen molar-refractivity contribution < 1.29 is 0 Å². The van der Waals surface area contributed by atoms with Crippen molar-refractivity contribution >= 4 is 21.6 Å². The number of hydrogen-bond donors (Lipinski definition) is 1. The molecule has 0 bridgehead atoms. The highest BCUT2D eigenvalue weighted by atomic mass is 79.9. The summed E-state index contributed by atoms with van der Waals surface area (Å²) in [6, 6.07) is 7.17. The van der Waals surface area contributed by atoms with E-state index < -0.39 is 0 Å². The van der Waals surface area contributed by atoms with E-state index in [9.17, 15) is 0 Å². The minimum Gasteiger partial charge on any atom is -0.369 e. The number of halogens is 1. The highest BCUT2D eigenvalue weighted by molar-refractivity contribution is 9.10. The van der Waals surface area contributed by atoms with Crippen molar-refractivity contribution in [2.45, 2.75) is 45.7 Å². The molecule has 1 aromatic carbocycles. The van der Waals surface area contributed by atoms with Gasteiger partial charge in [0.25, 0.3) is 0 Å². The van der Waals surface area contributed by atoms with Gasteiger partial charge in [0.05, 0.1) is 0 Å². The molecule has 0 aliphatic heterocycles. The summed E-state index contributed by atoms with van der Waals surface area (Å²) in [4.78, 5) is 2.49. The maximum atomic E-state index is 5.95. The van der Waals surface area contributed by atoms with Crippen LogP contribution in [0.1, 0.15) is 45.2 Å². The van der Waals surface area contributed by atoms with Gasteiger partial charge in [-0.25, -0.2) is 0 Å². The van der Waals surface area contributed by atoms with E-state index >= 15 is 0 Å². The van der Waals surface area contributed by atoms with Crippen LogP contribution < -0.4 is 10.6 Å². The molecule has 2 rings (SSSR count). The molecule has 0 radical (unpaired) electrons. The molecule has 3 heteroatoms. The summed E-state index contributed by atoms with van der Waals surface area (Å²) < 4.78 is 1.12. The van der Waals surface area contributed by atoms with Crippen LogP contribution >= 0.6 is 15.9 Å². The Kier molecular flexibility index (Phi) is 4.33. The van der Waals surface area contributed by atoms with E-state index in [1.54, 1.807) is 0 Å². The monoisotopic (exact) mass is 310 g/mol. The first kappa shape index (κ1) is 13.9. The van der Waals surface area contributed by atoms with Crippen LogP contribution in [0.3, 0.4) is 0 Å². The summed E-state index contributed by atoms with van der Waals surface area (Å²) >= 11 is 3.64. The largest absolute Gasteiger partial charge is 0.369 e. The van der Waals surface area contributed by atoms with Crippen molar-refractivity contribution in [2.24, 2.45) is 11.7 Å². The summed E-state index contributed by atoms with van der Waals surface area (Å²) in [5.74, 6) is 0.902. The zero-order valence-corrected chi connectivity index (χ0v) is 13.1. The minimum atomic E-state index is 0.0735. The number of benzene rings is 1. The maximum Gasteiger partial charge on any atom is 0.0380 e. The second kappa shape index (κ2) is 5.62. The molecule has 1 aromatic rings. The Balaban J connectivity index is 2.21. The van der Waals surface area contributed by atoms with Crippen LogP contribution in [-0.4, -0.2) is 12.6 Å². The number of hydrogen-bond acceptors (Lipinski definition) is 2. The van der Waals surface area contributed by atoms with Crippen LogP contribution in [0.25, 0.3) is 0 Å². The van der Waals surface area contributed by atoms with Gasteiger partial charge in [0.15, 0.2) is 0 Å². The Morgan fingerprint density at radius 2 is 2.00 bits per heavy atom. The van der Waals surface area contributed by atoms with Crippen LogP contribution in [0.15, 0.2) is 22.7 Å². The average Bonchev–Trinajstić information content (AvgIpc) is 3.08. The van der Waals surface area contributed by atoms with Crippen LogP contribution in [-0.2, 0) is 0 Å². The molecule has 0 saturated heterocycles. The van der Waals surface area contributed by atoms with E-state index in [2.05, 4.69) is 52.9 Å². The Morgan fingerprint density at radius 1 is 1.33 bits per heavy atom. The lowest BCUT2D eigenvalue weighted by Crippen LogP contribution is -2.32. The molecule has 1 saturated carbocycles. The van der Waals surface area contributed by atoms with Crippen molar-refractivity contribution in [3.63, 3.8) is 0 Å². The quantitative estimate of drug-likeness (QED) is 0.887. The van der Waals surface area contributed by atoms with Crippen LogP contribution in [0.2, 0.25) is 0 Å². The van der Waals surface area contributed by atoms with Gasteiger partial charge in [-0.05, 0) is 57.2 Å². The van der Waals surface area contributed by atoms with Gasteiger partial charge >= 0.3 is 0 Å². The second-order valence-electron chi connectivity index (χ2n) is 5.68. The molecule has 0 heterocycles. The van der Waals surface area contributed by atoms with Gasteiger partial charge in [0.1, 0.15) is 0 Å². The lowest BCUT2D eigenvalue weighted by molar-refractivity contribution is 0.644. The predicted molar refractivity (Wildman–Crippen MR) is 82.0 cm³/mol. The first-order chi connectivity index (χ1) is 8.49. The zero-order valence-electron chi connectivity index (χ0n) is 11.5. The highest BCUT2D eigenvalue weighted by Crippen LogP contribution is 2.34. The van der Waals surface area contributed by atoms with Crippen LogP contribution in [0.4, 0.5) is 5.69 Å². The van der Waals surface area contributed by atoms with Gasteiger partial charge in [-0.15, -0.1) is 0 Å². The third-order valence-electron chi connectivity index (χ3n) is 3.58. The molecule has 0 aromatic heterocycles. The van der Waals surface area contributed by atoms with E-state index in [4.69, 9.17) is 5.73 Å². The standard InChI is InChI=1S/C15H23BrN2/c1-10(2)18(9-12-4-5-12)13-6-7-14(11(3)17)15(16)8-13/h6-8,10-12H,4-5,9,17H2,1-3H3. The fourth-order valence-electron chi connectivity index (χ4n) is 2.26. The molecule has 0 spiro atoms. The molecular weight excluding hydrogens is 288 g/mol. The Hall–Kier alpha value is -0.540. The highest BCUT2D eigenvalue weighted by Gasteiger charge is 2.25. The predicted octanol–water partition coefficient (Wildman–Crippen LogP) is 4.09. The molecule has 100 valence electrons. The lowest BCUT2D eigenvalue weighted by Gasteiger charge is -2.29. The van der Waals surface area contributed by atoms with E-state index in [0.717, 1.165) is 10.4 Å². The number of rotatable bonds is 5. The van der Waals surface area contributed by atoms with E-state index in [1.807, 2.05) is 6.92 Å². The molecule has 1 aliphatic carbocycles. The number of anilines is 1. The fourth-order valence-corrected chi connectivity index (χ4v) is 2.98. The average molecular weight is 311 g/mol. The summed E-state index contributed by atoms with van der Waals surface area (Å²) in [7, 11) is 0. The fraction of sp³-hybridized carbons (Fsp3) is 0.600. The first-order valence-electron chi connectivity index (χ1n) is 6.80. The molecule has 0 amide bonds. The molecule has 2 nitrogen and oxygen atoms in total. The molecular formula is C15H23BrN2. The Morgan fingerprint density at radius 3 is 2.44 bits per heavy atom. The van der Waals surface area contributed by atoms with Crippen molar-refractivity contribution in [3.05, 3.63) is 28.2 Å². The molecule has 18 heavy (non-hydrogen) atoms. The molecule has 1 unspecified atom stereocenters. The smallest absolute Gasteiger partial charge is 0.0380 e. The second-order valence-corrected chi connectivity index (χ2v) is 6.54. The summed E-state index contributed by atoms with van der Waals surface area (Å²) in [6.45, 7) is 7.72. The summed E-state index contributed by atoms with van der Waals surface area (Å²) in [5, 5.41) is 0. The maximum absolute atomic E-state index is 5.95. The van der Waals surface area contributed by atoms with Gasteiger partial charge in [-0.2, -0.15) is 0 Å². The first-order valence-corrected chi connectivity index (χ1v) is 7.60. The Bertz CT molecular complexity index is 411. The van der Waals surface area contributed by atoms with Gasteiger partial charge < -0.3 is 10.6 Å². The van der Waals surface area contributed by atoms with Gasteiger partial charge in [0.2, 0.25) is 0 Å². The van der Waals surface area contributed by atoms with Crippen LogP contribution in [0, 0.1) is 5.92 Å². The van der Waals surface area contributed by atoms with Crippen molar-refractivity contribution in [2.75, 3.05) is 11.4 Å². The van der Waals surface area contributed by atoms with Gasteiger partial charge in [0, 0.05) is 28.8 Å². The third-order valence-corrected chi connectivity index (χ3v) is 4.27. The lowest BCUT2D eigenvalue weighted by atomic mass is 10.1. The molecule has 2 N–H and O–H groups in total. The normalized spacial score (nSPS) is 17.0. The zero-order chi connectivity index (χ0) is 13.3. The van der Waals surface area contributed by atoms with Gasteiger partial charge in [-0.3, -0.25) is 0 Å². The van der Waals surface area contributed by atoms with Crippen molar-refractivity contribution in [1.29, 1.82) is 0 Å². The third kappa shape index (κ3) is 3.27. The summed E-state index contributed by atoms with van der Waals surface area (Å²) in [5.41, 5.74) is 8.42. The minimum absolute atomic E-state index is 0.0735. The van der Waals surface area contributed by atoms with Crippen molar-refractivity contribution in [3.8, 4) is 0 Å². The van der Waals surface area contributed by atoms with Crippen molar-refractivity contribution in [1.82, 2.24) is 0 Å². The number of nitrogens with two attached hydrogens (primary N) is 1. The van der Waals surface area contributed by atoms with E-state index in [-0.39, 0.29) is 6.04 Å². The Labute approximate surface area is 119 Å². The summed E-state index contributed by atoms with van der Waals surface area (Å²) in [6.07, 6.45) is 2.78.